The highest BCUT2D eigenvalue weighted by Crippen LogP contribution is 2.26. The van der Waals surface area contributed by atoms with Crippen molar-refractivity contribution in [2.75, 3.05) is 25.1 Å². The van der Waals surface area contributed by atoms with Gasteiger partial charge in [-0.2, -0.15) is 4.98 Å². The number of nitrogens with one attached hydrogen (secondary N) is 1. The molecule has 0 atom stereocenters. The van der Waals surface area contributed by atoms with Crippen LogP contribution in [0, 0.1) is 5.82 Å². The normalized spacial score (nSPS) is 10.9. The van der Waals surface area contributed by atoms with Crippen LogP contribution in [-0.4, -0.2) is 40.5 Å². The van der Waals surface area contributed by atoms with E-state index in [0.717, 1.165) is 0 Å². The van der Waals surface area contributed by atoms with Gasteiger partial charge in [0.05, 0.1) is 22.9 Å². The molecule has 1 heterocycles. The molecular weight excluding hydrogens is 494 g/mol. The van der Waals surface area contributed by atoms with Crippen LogP contribution in [0.25, 0.3) is 17.1 Å². The van der Waals surface area contributed by atoms with Crippen LogP contribution in [0.2, 0.25) is 10.0 Å². The number of hydrogen-bond acceptors (Lipinski definition) is 5. The average molecular weight is 515 g/mol. The van der Waals surface area contributed by atoms with Crippen LogP contribution in [0.15, 0.2) is 66.7 Å². The largest absolute Gasteiger partial charge is 0.460 e. The first-order valence-electron chi connectivity index (χ1n) is 10.7. The Morgan fingerprint density at radius 1 is 1.06 bits per heavy atom. The summed E-state index contributed by atoms with van der Waals surface area (Å²) < 4.78 is 26.3. The molecule has 1 N–H and O–H groups in total. The summed E-state index contributed by atoms with van der Waals surface area (Å²) in [7, 11) is 0. The summed E-state index contributed by atoms with van der Waals surface area (Å²) in [6.07, 6.45) is 0. The summed E-state index contributed by atoms with van der Waals surface area (Å²) in [5.41, 5.74) is 2.02. The quantitative estimate of drug-likeness (QED) is 0.275. The first-order chi connectivity index (χ1) is 16.9. The van der Waals surface area contributed by atoms with Crippen molar-refractivity contribution in [3.05, 3.63) is 88.2 Å². The monoisotopic (exact) mass is 514 g/mol. The topological polar surface area (TPSA) is 78.3 Å². The maximum atomic E-state index is 13.9. The van der Waals surface area contributed by atoms with Crippen LogP contribution >= 0.6 is 23.2 Å². The van der Waals surface area contributed by atoms with Crippen LogP contribution in [0.3, 0.4) is 0 Å². The predicted molar refractivity (Wildman–Crippen MR) is 133 cm³/mol. The Morgan fingerprint density at radius 3 is 2.57 bits per heavy atom. The van der Waals surface area contributed by atoms with E-state index in [0.29, 0.717) is 46.6 Å². The van der Waals surface area contributed by atoms with Crippen molar-refractivity contribution in [1.82, 2.24) is 14.8 Å². The third kappa shape index (κ3) is 6.16. The Morgan fingerprint density at radius 2 is 1.86 bits per heavy atom. The van der Waals surface area contributed by atoms with E-state index in [4.69, 9.17) is 32.7 Å². The van der Waals surface area contributed by atoms with Gasteiger partial charge in [-0.25, -0.2) is 9.07 Å². The number of amides is 1. The zero-order valence-electron chi connectivity index (χ0n) is 18.7. The smallest absolute Gasteiger partial charge is 0.336 e. The zero-order valence-corrected chi connectivity index (χ0v) is 20.2. The molecular formula is C25H21Cl2FN4O3. The fraction of sp³-hybridized carbons (Fsp3) is 0.160. The molecule has 10 heteroatoms. The lowest BCUT2D eigenvalue weighted by Gasteiger charge is -2.09. The number of rotatable bonds is 9. The van der Waals surface area contributed by atoms with Crippen molar-refractivity contribution in [1.29, 1.82) is 0 Å². The molecule has 0 aliphatic carbocycles. The van der Waals surface area contributed by atoms with Gasteiger partial charge in [-0.1, -0.05) is 35.3 Å². The molecule has 1 aromatic heterocycles. The minimum Gasteiger partial charge on any atom is -0.460 e. The number of carbonyl (C=O) groups excluding carboxylic acids is 1. The maximum absolute atomic E-state index is 13.9. The van der Waals surface area contributed by atoms with E-state index in [-0.39, 0.29) is 23.5 Å². The van der Waals surface area contributed by atoms with Gasteiger partial charge < -0.3 is 14.8 Å². The van der Waals surface area contributed by atoms with Gasteiger partial charge in [-0.05, 0) is 61.5 Å². The van der Waals surface area contributed by atoms with Gasteiger partial charge in [-0.3, -0.25) is 4.79 Å². The Bertz CT molecular complexity index is 1330. The molecule has 35 heavy (non-hydrogen) atoms. The molecule has 180 valence electrons. The van der Waals surface area contributed by atoms with Crippen LogP contribution in [0.5, 0.6) is 6.01 Å². The highest BCUT2D eigenvalue weighted by molar-refractivity contribution is 6.37. The molecule has 0 unspecified atom stereocenters. The molecule has 0 aliphatic heterocycles. The molecule has 3 aromatic carbocycles. The van der Waals surface area contributed by atoms with Gasteiger partial charge in [-0.15, -0.1) is 5.10 Å². The molecule has 4 aromatic rings. The fourth-order valence-electron chi connectivity index (χ4n) is 3.24. The van der Waals surface area contributed by atoms with Gasteiger partial charge in [0, 0.05) is 22.9 Å². The summed E-state index contributed by atoms with van der Waals surface area (Å²) in [5.74, 6) is -0.360. The van der Waals surface area contributed by atoms with Crippen molar-refractivity contribution in [3.8, 4) is 23.1 Å². The molecule has 0 aliphatic rings. The second-order valence-corrected chi connectivity index (χ2v) is 8.15. The molecule has 4 rings (SSSR count). The van der Waals surface area contributed by atoms with Crippen LogP contribution in [0.4, 0.5) is 10.1 Å². The lowest BCUT2D eigenvalue weighted by molar-refractivity contribution is 0.102. The summed E-state index contributed by atoms with van der Waals surface area (Å²) in [6, 6.07) is 17.8. The first kappa shape index (κ1) is 24.7. The van der Waals surface area contributed by atoms with Crippen molar-refractivity contribution in [3.63, 3.8) is 0 Å². The van der Waals surface area contributed by atoms with Crippen molar-refractivity contribution in [2.45, 2.75) is 6.92 Å². The minimum atomic E-state index is -0.394. The standard InChI is InChI=1S/C25H21Cl2FN4O3/c1-2-34-12-13-35-25-30-23(16-4-3-5-18(28)14-16)32(31-25)20-9-7-19(8-10-20)29-24(33)21-11-6-17(26)15-22(21)27/h3-11,14-15H,2,12-13H2,1H3,(H,29,33). The van der Waals surface area contributed by atoms with E-state index in [1.807, 2.05) is 6.92 Å². The highest BCUT2D eigenvalue weighted by atomic mass is 35.5. The summed E-state index contributed by atoms with van der Waals surface area (Å²) >= 11 is 12.0. The number of carbonyl (C=O) groups is 1. The number of halogens is 3. The van der Waals surface area contributed by atoms with Gasteiger partial charge in [0.25, 0.3) is 5.91 Å². The Labute approximate surface area is 211 Å². The fourth-order valence-corrected chi connectivity index (χ4v) is 3.74. The number of anilines is 1. The Balaban J connectivity index is 1.58. The maximum Gasteiger partial charge on any atom is 0.336 e. The molecule has 0 spiro atoms. The molecule has 7 nitrogen and oxygen atoms in total. The van der Waals surface area contributed by atoms with E-state index in [1.54, 1.807) is 53.2 Å². The number of benzene rings is 3. The molecule has 0 saturated carbocycles. The second-order valence-electron chi connectivity index (χ2n) is 7.31. The van der Waals surface area contributed by atoms with Crippen LogP contribution in [0.1, 0.15) is 17.3 Å². The third-order valence-electron chi connectivity index (χ3n) is 4.88. The van der Waals surface area contributed by atoms with Crippen molar-refractivity contribution in [2.24, 2.45) is 0 Å². The van der Waals surface area contributed by atoms with E-state index >= 15 is 0 Å². The van der Waals surface area contributed by atoms with Gasteiger partial charge in [0.2, 0.25) is 0 Å². The minimum absolute atomic E-state index is 0.138. The number of aromatic nitrogens is 3. The van der Waals surface area contributed by atoms with Crippen molar-refractivity contribution >= 4 is 34.8 Å². The predicted octanol–water partition coefficient (Wildman–Crippen LogP) is 6.05. The first-order valence-corrected chi connectivity index (χ1v) is 11.5. The molecule has 1 amide bonds. The Kier molecular flexibility index (Phi) is 7.97. The lowest BCUT2D eigenvalue weighted by Crippen LogP contribution is -2.12. The van der Waals surface area contributed by atoms with E-state index < -0.39 is 5.82 Å². The highest BCUT2D eigenvalue weighted by Gasteiger charge is 2.16. The van der Waals surface area contributed by atoms with Crippen LogP contribution < -0.4 is 10.1 Å². The van der Waals surface area contributed by atoms with Gasteiger partial charge in [0.1, 0.15) is 12.4 Å². The second kappa shape index (κ2) is 11.3. The van der Waals surface area contributed by atoms with Crippen LogP contribution in [-0.2, 0) is 4.74 Å². The number of nitrogens with zero attached hydrogens (tertiary/aromatic N) is 3. The van der Waals surface area contributed by atoms with E-state index in [2.05, 4.69) is 15.4 Å². The molecule has 0 bridgehead atoms. The van der Waals surface area contributed by atoms with E-state index in [9.17, 15) is 9.18 Å². The SMILES string of the molecule is CCOCCOc1nc(-c2cccc(F)c2)n(-c2ccc(NC(=O)c3ccc(Cl)cc3Cl)cc2)n1. The molecule has 0 fully saturated rings. The summed E-state index contributed by atoms with van der Waals surface area (Å²) in [6.45, 7) is 3.14. The molecule has 0 radical (unpaired) electrons. The Hall–Kier alpha value is -3.46. The zero-order chi connectivity index (χ0) is 24.8. The average Bonchev–Trinajstić information content (AvgIpc) is 3.26. The summed E-state index contributed by atoms with van der Waals surface area (Å²) in [4.78, 5) is 17.0. The van der Waals surface area contributed by atoms with Gasteiger partial charge in [0.15, 0.2) is 5.82 Å². The van der Waals surface area contributed by atoms with Gasteiger partial charge >= 0.3 is 6.01 Å². The van der Waals surface area contributed by atoms with E-state index in [1.165, 1.54) is 18.2 Å². The number of ether oxygens (including phenoxy) is 2. The summed E-state index contributed by atoms with van der Waals surface area (Å²) in [5, 5.41) is 7.93. The number of hydrogen-bond donors (Lipinski definition) is 1. The lowest BCUT2D eigenvalue weighted by atomic mass is 10.2. The molecule has 0 saturated heterocycles. The van der Waals surface area contributed by atoms with Crippen molar-refractivity contribution < 1.29 is 18.7 Å². The third-order valence-corrected chi connectivity index (χ3v) is 5.43.